The number of benzene rings is 3. The molecule has 0 fully saturated rings. The number of fused-ring (bicyclic) bond motifs is 1. The van der Waals surface area contributed by atoms with E-state index in [1.54, 1.807) is 0 Å². The number of ether oxygens (including phenoxy) is 2. The highest BCUT2D eigenvalue weighted by Crippen LogP contribution is 2.33. The zero-order valence-electron chi connectivity index (χ0n) is 25.7. The van der Waals surface area contributed by atoms with Crippen LogP contribution in [0.5, 0.6) is 11.5 Å². The van der Waals surface area contributed by atoms with Gasteiger partial charge in [0.15, 0.2) is 0 Å². The Morgan fingerprint density at radius 1 is 1.00 bits per heavy atom. The van der Waals surface area contributed by atoms with Gasteiger partial charge in [-0.2, -0.15) is 13.2 Å². The van der Waals surface area contributed by atoms with Crippen LogP contribution in [0.15, 0.2) is 90.8 Å². The molecule has 238 valence electrons. The highest BCUT2D eigenvalue weighted by Gasteiger charge is 2.30. The number of nitrogens with one attached hydrogen (secondary N) is 2. The first-order valence-corrected chi connectivity index (χ1v) is 15.1. The van der Waals surface area contributed by atoms with E-state index in [4.69, 9.17) is 9.47 Å². The van der Waals surface area contributed by atoms with Crippen LogP contribution in [0.3, 0.4) is 0 Å². The summed E-state index contributed by atoms with van der Waals surface area (Å²) in [6.07, 6.45) is 1.74. The number of H-pyrrole nitrogens is 1. The van der Waals surface area contributed by atoms with E-state index in [2.05, 4.69) is 26.2 Å². The first-order chi connectivity index (χ1) is 21.6. The average Bonchev–Trinajstić information content (AvgIpc) is 3.66. The molecule has 0 spiro atoms. The first kappa shape index (κ1) is 32.1. The van der Waals surface area contributed by atoms with Gasteiger partial charge in [-0.25, -0.2) is 4.79 Å². The monoisotopic (exact) mass is 620 g/mol. The standard InChI is InChI=1S/C35H39F3N4O3/c1-41(2)20-18-25-23-39-30-10-7-11-32(33(25)30)45-34(43)40-27-14-15-28(22-27)42(3)21-19-31(24-8-5-4-6-9-24)44-29-16-12-26(13-17-29)35(36,37)38/h4-13,16-17,22-23,28,31,39H,14-15,18-21H2,1-3H3,(H,40,43). The van der Waals surface area contributed by atoms with E-state index in [0.29, 0.717) is 30.9 Å². The van der Waals surface area contributed by atoms with Crippen molar-refractivity contribution in [2.24, 2.45) is 0 Å². The molecule has 0 saturated heterocycles. The number of rotatable bonds is 12. The number of halogens is 3. The van der Waals surface area contributed by atoms with Crippen LogP contribution in [0, 0.1) is 0 Å². The Balaban J connectivity index is 1.19. The number of carbonyl (C=O) groups is 1. The average molecular weight is 621 g/mol. The molecule has 0 saturated carbocycles. The fraction of sp³-hybridized carbons (Fsp3) is 0.343. The quantitative estimate of drug-likeness (QED) is 0.171. The van der Waals surface area contributed by atoms with Crippen molar-refractivity contribution in [3.63, 3.8) is 0 Å². The molecule has 45 heavy (non-hydrogen) atoms. The van der Waals surface area contributed by atoms with Crippen LogP contribution < -0.4 is 14.8 Å². The van der Waals surface area contributed by atoms with E-state index in [1.807, 2.05) is 75.9 Å². The highest BCUT2D eigenvalue weighted by molar-refractivity contribution is 5.91. The maximum atomic E-state index is 13.0. The van der Waals surface area contributed by atoms with Crippen LogP contribution in [0.1, 0.15) is 42.1 Å². The van der Waals surface area contributed by atoms with E-state index in [-0.39, 0.29) is 12.1 Å². The number of alkyl halides is 3. The first-order valence-electron chi connectivity index (χ1n) is 15.1. The molecule has 10 heteroatoms. The third kappa shape index (κ3) is 8.46. The van der Waals surface area contributed by atoms with Crippen LogP contribution in [-0.2, 0) is 12.6 Å². The SMILES string of the molecule is CN(C)CCc1c[nH]c2cccc(OC(=O)NC3=CC(N(C)CCC(Oc4ccc(C(F)(F)F)cc4)c4ccccc4)CC3)c12. The van der Waals surface area contributed by atoms with Gasteiger partial charge in [0.25, 0.3) is 0 Å². The topological polar surface area (TPSA) is 69.8 Å². The van der Waals surface area contributed by atoms with Crippen LogP contribution in [0.2, 0.25) is 0 Å². The molecular formula is C35H39F3N4O3. The van der Waals surface area contributed by atoms with Gasteiger partial charge in [0.2, 0.25) is 0 Å². The number of nitrogens with zero attached hydrogens (tertiary/aromatic N) is 2. The third-order valence-corrected chi connectivity index (χ3v) is 8.09. The summed E-state index contributed by atoms with van der Waals surface area (Å²) < 4.78 is 51.0. The molecule has 5 rings (SSSR count). The Hall–Kier alpha value is -4.28. The lowest BCUT2D eigenvalue weighted by molar-refractivity contribution is -0.137. The second kappa shape index (κ2) is 14.2. The zero-order valence-corrected chi connectivity index (χ0v) is 25.7. The van der Waals surface area contributed by atoms with Crippen LogP contribution in [0.25, 0.3) is 10.9 Å². The lowest BCUT2D eigenvalue weighted by Gasteiger charge is -2.26. The molecule has 1 aromatic heterocycles. The van der Waals surface area contributed by atoms with Gasteiger partial charge < -0.3 is 19.4 Å². The molecule has 1 aliphatic rings. The van der Waals surface area contributed by atoms with Crippen molar-refractivity contribution in [3.05, 3.63) is 107 Å². The Morgan fingerprint density at radius 3 is 2.47 bits per heavy atom. The Bertz CT molecular complexity index is 1600. The lowest BCUT2D eigenvalue weighted by atomic mass is 10.1. The summed E-state index contributed by atoms with van der Waals surface area (Å²) in [4.78, 5) is 20.5. The molecule has 2 atom stereocenters. The van der Waals surface area contributed by atoms with Gasteiger partial charge in [-0.05, 0) is 94.0 Å². The molecule has 1 amide bonds. The molecule has 2 N–H and O–H groups in total. The fourth-order valence-electron chi connectivity index (χ4n) is 5.59. The number of allylic oxidation sites excluding steroid dienone is 1. The van der Waals surface area contributed by atoms with Gasteiger partial charge in [-0.3, -0.25) is 10.2 Å². The number of aromatic amines is 1. The summed E-state index contributed by atoms with van der Waals surface area (Å²) in [6, 6.07) is 20.2. The third-order valence-electron chi connectivity index (χ3n) is 8.09. The van der Waals surface area contributed by atoms with Crippen molar-refractivity contribution in [2.45, 2.75) is 44.0 Å². The van der Waals surface area contributed by atoms with Crippen molar-refractivity contribution < 1.29 is 27.4 Å². The molecule has 0 radical (unpaired) electrons. The summed E-state index contributed by atoms with van der Waals surface area (Å²) in [6.45, 7) is 1.55. The van der Waals surface area contributed by atoms with Gasteiger partial charge in [0.05, 0.1) is 5.56 Å². The number of amides is 1. The molecule has 0 aliphatic heterocycles. The molecular weight excluding hydrogens is 581 g/mol. The normalized spacial score (nSPS) is 15.8. The van der Waals surface area contributed by atoms with E-state index < -0.39 is 17.8 Å². The van der Waals surface area contributed by atoms with E-state index in [0.717, 1.165) is 59.2 Å². The van der Waals surface area contributed by atoms with Crippen molar-refractivity contribution in [2.75, 3.05) is 34.2 Å². The van der Waals surface area contributed by atoms with Crippen LogP contribution in [0.4, 0.5) is 18.0 Å². The summed E-state index contributed by atoms with van der Waals surface area (Å²) >= 11 is 0. The van der Waals surface area contributed by atoms with Gasteiger partial charge >= 0.3 is 12.3 Å². The van der Waals surface area contributed by atoms with Crippen molar-refractivity contribution in [1.82, 2.24) is 20.1 Å². The molecule has 2 unspecified atom stereocenters. The number of carbonyl (C=O) groups excluding carboxylic acids is 1. The van der Waals surface area contributed by atoms with Crippen molar-refractivity contribution >= 4 is 17.0 Å². The van der Waals surface area contributed by atoms with Crippen LogP contribution in [-0.4, -0.2) is 61.2 Å². The molecule has 1 heterocycles. The lowest BCUT2D eigenvalue weighted by Crippen LogP contribution is -2.31. The van der Waals surface area contributed by atoms with Gasteiger partial charge in [0, 0.05) is 48.3 Å². The second-order valence-corrected chi connectivity index (χ2v) is 11.7. The largest absolute Gasteiger partial charge is 0.486 e. The number of hydrogen-bond acceptors (Lipinski definition) is 5. The Labute approximate surface area is 261 Å². The van der Waals surface area contributed by atoms with Crippen LogP contribution >= 0.6 is 0 Å². The van der Waals surface area contributed by atoms with E-state index in [1.165, 1.54) is 12.1 Å². The molecule has 4 aromatic rings. The summed E-state index contributed by atoms with van der Waals surface area (Å²) in [5, 5.41) is 3.84. The number of hydrogen-bond donors (Lipinski definition) is 2. The Kier molecular flexibility index (Phi) is 10.1. The van der Waals surface area contributed by atoms with Crippen molar-refractivity contribution in [3.8, 4) is 11.5 Å². The predicted octanol–water partition coefficient (Wildman–Crippen LogP) is 7.57. The molecule has 3 aromatic carbocycles. The highest BCUT2D eigenvalue weighted by atomic mass is 19.4. The predicted molar refractivity (Wildman–Crippen MR) is 169 cm³/mol. The van der Waals surface area contributed by atoms with Crippen molar-refractivity contribution in [1.29, 1.82) is 0 Å². The maximum Gasteiger partial charge on any atom is 0.416 e. The molecule has 7 nitrogen and oxygen atoms in total. The second-order valence-electron chi connectivity index (χ2n) is 11.7. The van der Waals surface area contributed by atoms with Gasteiger partial charge in [0.1, 0.15) is 17.6 Å². The maximum absolute atomic E-state index is 13.0. The zero-order chi connectivity index (χ0) is 32.0. The summed E-state index contributed by atoms with van der Waals surface area (Å²) in [5.74, 6) is 0.901. The summed E-state index contributed by atoms with van der Waals surface area (Å²) in [7, 11) is 6.07. The summed E-state index contributed by atoms with van der Waals surface area (Å²) in [5.41, 5.74) is 3.07. The van der Waals surface area contributed by atoms with E-state index >= 15 is 0 Å². The van der Waals surface area contributed by atoms with Gasteiger partial charge in [-0.1, -0.05) is 36.4 Å². The minimum Gasteiger partial charge on any atom is -0.486 e. The Morgan fingerprint density at radius 2 is 1.76 bits per heavy atom. The number of aromatic nitrogens is 1. The molecule has 0 bridgehead atoms. The smallest absolute Gasteiger partial charge is 0.416 e. The van der Waals surface area contributed by atoms with E-state index in [9.17, 15) is 18.0 Å². The minimum atomic E-state index is -4.40. The fourth-order valence-corrected chi connectivity index (χ4v) is 5.59. The minimum absolute atomic E-state index is 0.105. The molecule has 1 aliphatic carbocycles. The van der Waals surface area contributed by atoms with Gasteiger partial charge in [-0.15, -0.1) is 0 Å². The number of likely N-dealkylation sites (N-methyl/N-ethyl adjacent to an activating group) is 2.